The minimum absolute atomic E-state index is 0.00754. The molecule has 1 N–H and O–H groups in total. The third-order valence-corrected chi connectivity index (χ3v) is 4.88. The van der Waals surface area contributed by atoms with E-state index in [4.69, 9.17) is 4.74 Å². The Labute approximate surface area is 159 Å². The van der Waals surface area contributed by atoms with Gasteiger partial charge in [0.2, 0.25) is 5.95 Å². The number of alkyl halides is 3. The molecule has 28 heavy (non-hydrogen) atoms. The Morgan fingerprint density at radius 1 is 1.25 bits per heavy atom. The number of rotatable bonds is 3. The summed E-state index contributed by atoms with van der Waals surface area (Å²) in [7, 11) is 0. The van der Waals surface area contributed by atoms with Crippen molar-refractivity contribution in [3.63, 3.8) is 0 Å². The quantitative estimate of drug-likeness (QED) is 0.856. The average molecular weight is 392 g/mol. The van der Waals surface area contributed by atoms with Crippen LogP contribution in [0.3, 0.4) is 0 Å². The molecule has 0 amide bonds. The highest BCUT2D eigenvalue weighted by atomic mass is 19.4. The highest BCUT2D eigenvalue weighted by Crippen LogP contribution is 2.42. The molecule has 6 nitrogen and oxygen atoms in total. The summed E-state index contributed by atoms with van der Waals surface area (Å²) >= 11 is 0. The van der Waals surface area contributed by atoms with E-state index in [1.54, 1.807) is 24.3 Å². The van der Waals surface area contributed by atoms with Crippen LogP contribution in [0.15, 0.2) is 35.5 Å². The van der Waals surface area contributed by atoms with Crippen LogP contribution in [0.4, 0.5) is 19.1 Å². The van der Waals surface area contributed by atoms with Crippen LogP contribution in [0, 0.1) is 5.92 Å². The summed E-state index contributed by atoms with van der Waals surface area (Å²) in [5, 5.41) is 6.59. The molecule has 0 bridgehead atoms. The number of anilines is 1. The van der Waals surface area contributed by atoms with Crippen molar-refractivity contribution >= 4 is 11.7 Å². The first kappa shape index (κ1) is 18.5. The molecule has 1 aromatic heterocycles. The molecule has 4 rings (SSSR count). The minimum Gasteiger partial charge on any atom is -0.494 e. The molecule has 2 heterocycles. The summed E-state index contributed by atoms with van der Waals surface area (Å²) in [5.41, 5.74) is 1.73. The second-order valence-corrected chi connectivity index (χ2v) is 7.06. The SMILES string of the molecule is CCOc1ccc([C@H]2C3=C(C[C@H](C)CC3=O)Nc3nc(C(F)(F)F)nn32)cc1. The summed E-state index contributed by atoms with van der Waals surface area (Å²) < 4.78 is 46.2. The van der Waals surface area contributed by atoms with Crippen molar-refractivity contribution in [3.05, 3.63) is 46.9 Å². The fourth-order valence-corrected chi connectivity index (χ4v) is 3.75. The Kier molecular flexibility index (Phi) is 4.40. The molecule has 9 heteroatoms. The Morgan fingerprint density at radius 3 is 2.61 bits per heavy atom. The van der Waals surface area contributed by atoms with Crippen molar-refractivity contribution in [2.75, 3.05) is 11.9 Å². The lowest BCUT2D eigenvalue weighted by Crippen LogP contribution is -2.33. The van der Waals surface area contributed by atoms with E-state index in [0.717, 1.165) is 4.68 Å². The van der Waals surface area contributed by atoms with Crippen molar-refractivity contribution in [1.29, 1.82) is 0 Å². The topological polar surface area (TPSA) is 69.0 Å². The van der Waals surface area contributed by atoms with Gasteiger partial charge in [0.25, 0.3) is 5.82 Å². The van der Waals surface area contributed by atoms with E-state index in [1.807, 2.05) is 13.8 Å². The molecular weight excluding hydrogens is 373 g/mol. The van der Waals surface area contributed by atoms with Gasteiger partial charge >= 0.3 is 6.18 Å². The smallest absolute Gasteiger partial charge is 0.453 e. The molecule has 2 aliphatic rings. The largest absolute Gasteiger partial charge is 0.494 e. The van der Waals surface area contributed by atoms with Crippen LogP contribution in [0.5, 0.6) is 5.75 Å². The molecule has 0 fully saturated rings. The van der Waals surface area contributed by atoms with E-state index < -0.39 is 18.0 Å². The third-order valence-electron chi connectivity index (χ3n) is 4.88. The molecule has 1 aliphatic heterocycles. The number of benzene rings is 1. The number of carbonyl (C=O) groups excluding carboxylic acids is 1. The number of aromatic nitrogens is 3. The Balaban J connectivity index is 1.84. The van der Waals surface area contributed by atoms with Crippen LogP contribution < -0.4 is 10.1 Å². The molecule has 148 valence electrons. The number of Topliss-reactive ketones (excluding diaryl/α,β-unsaturated/α-hetero) is 1. The maximum absolute atomic E-state index is 13.2. The summed E-state index contributed by atoms with van der Waals surface area (Å²) in [5.74, 6) is -0.572. The van der Waals surface area contributed by atoms with Gasteiger partial charge < -0.3 is 10.1 Å². The number of nitrogens with zero attached hydrogens (tertiary/aromatic N) is 3. The van der Waals surface area contributed by atoms with Crippen LogP contribution in [0.2, 0.25) is 0 Å². The monoisotopic (exact) mass is 392 g/mol. The van der Waals surface area contributed by atoms with E-state index in [9.17, 15) is 18.0 Å². The van der Waals surface area contributed by atoms with Crippen LogP contribution in [0.1, 0.15) is 44.1 Å². The van der Waals surface area contributed by atoms with E-state index in [-0.39, 0.29) is 17.6 Å². The van der Waals surface area contributed by atoms with Crippen LogP contribution in [0.25, 0.3) is 0 Å². The minimum atomic E-state index is -4.67. The van der Waals surface area contributed by atoms with Gasteiger partial charge in [0.15, 0.2) is 5.78 Å². The van der Waals surface area contributed by atoms with Gasteiger partial charge in [0.1, 0.15) is 11.8 Å². The highest BCUT2D eigenvalue weighted by molar-refractivity contribution is 5.99. The summed E-state index contributed by atoms with van der Waals surface area (Å²) in [4.78, 5) is 16.4. The van der Waals surface area contributed by atoms with Crippen molar-refractivity contribution < 1.29 is 22.7 Å². The summed E-state index contributed by atoms with van der Waals surface area (Å²) in [6.07, 6.45) is -3.75. The molecule has 0 saturated heterocycles. The number of hydrogen-bond donors (Lipinski definition) is 1. The molecule has 0 radical (unpaired) electrons. The van der Waals surface area contributed by atoms with Gasteiger partial charge in [-0.3, -0.25) is 4.79 Å². The first-order chi connectivity index (χ1) is 13.3. The predicted octanol–water partition coefficient (Wildman–Crippen LogP) is 3.96. The fourth-order valence-electron chi connectivity index (χ4n) is 3.75. The number of allylic oxidation sites excluding steroid dienone is 2. The van der Waals surface area contributed by atoms with Crippen molar-refractivity contribution in [2.45, 2.75) is 38.9 Å². The van der Waals surface area contributed by atoms with Crippen molar-refractivity contribution in [3.8, 4) is 5.75 Å². The highest BCUT2D eigenvalue weighted by Gasteiger charge is 2.42. The molecule has 1 aromatic carbocycles. The second-order valence-electron chi connectivity index (χ2n) is 7.06. The number of halogens is 3. The molecule has 0 spiro atoms. The Bertz CT molecular complexity index is 947. The molecule has 1 aliphatic carbocycles. The number of hydrogen-bond acceptors (Lipinski definition) is 5. The Morgan fingerprint density at radius 2 is 1.96 bits per heavy atom. The van der Waals surface area contributed by atoms with Gasteiger partial charge in [-0.1, -0.05) is 19.1 Å². The lowest BCUT2D eigenvalue weighted by atomic mass is 9.81. The van der Waals surface area contributed by atoms with Crippen LogP contribution >= 0.6 is 0 Å². The average Bonchev–Trinajstić information content (AvgIpc) is 3.05. The zero-order chi connectivity index (χ0) is 20.1. The zero-order valence-corrected chi connectivity index (χ0v) is 15.4. The van der Waals surface area contributed by atoms with Gasteiger partial charge in [-0.25, -0.2) is 4.68 Å². The van der Waals surface area contributed by atoms with E-state index in [1.165, 1.54) is 0 Å². The zero-order valence-electron chi connectivity index (χ0n) is 15.4. The fraction of sp³-hybridized carbons (Fsp3) is 0.421. The Hall–Kier alpha value is -2.84. The lowest BCUT2D eigenvalue weighted by Gasteiger charge is -2.34. The molecule has 2 aromatic rings. The summed E-state index contributed by atoms with van der Waals surface area (Å²) in [6, 6.07) is 6.20. The van der Waals surface area contributed by atoms with Crippen molar-refractivity contribution in [1.82, 2.24) is 14.8 Å². The second kappa shape index (κ2) is 6.65. The lowest BCUT2D eigenvalue weighted by molar-refractivity contribution is -0.145. The maximum Gasteiger partial charge on any atom is 0.453 e. The van der Waals surface area contributed by atoms with Gasteiger partial charge in [-0.2, -0.15) is 18.2 Å². The number of ether oxygens (including phenoxy) is 1. The first-order valence-corrected chi connectivity index (χ1v) is 9.07. The van der Waals surface area contributed by atoms with Crippen molar-refractivity contribution in [2.24, 2.45) is 5.92 Å². The molecule has 0 saturated carbocycles. The van der Waals surface area contributed by atoms with Crippen LogP contribution in [-0.4, -0.2) is 27.2 Å². The standard InChI is InChI=1S/C19H19F3N4O2/c1-3-28-12-6-4-11(5-7-12)16-15-13(8-10(2)9-14(15)27)23-18-24-17(19(20,21)22)25-26(16)18/h4-7,10,16H,3,8-9H2,1-2H3,(H,23,24,25)/t10-,16-/m0/s1. The predicted molar refractivity (Wildman–Crippen MR) is 94.8 cm³/mol. The van der Waals surface area contributed by atoms with Crippen LogP contribution in [-0.2, 0) is 11.0 Å². The third kappa shape index (κ3) is 3.14. The summed E-state index contributed by atoms with van der Waals surface area (Å²) in [6.45, 7) is 4.30. The molecule has 2 atom stereocenters. The van der Waals surface area contributed by atoms with Gasteiger partial charge in [-0.15, -0.1) is 5.10 Å². The maximum atomic E-state index is 13.2. The van der Waals surface area contributed by atoms with E-state index in [0.29, 0.717) is 42.0 Å². The first-order valence-electron chi connectivity index (χ1n) is 9.07. The number of nitrogens with one attached hydrogen (secondary N) is 1. The number of ketones is 1. The molecular formula is C19H19F3N4O2. The molecule has 0 unspecified atom stereocenters. The normalized spacial score (nSPS) is 21.8. The van der Waals surface area contributed by atoms with E-state index in [2.05, 4.69) is 15.4 Å². The van der Waals surface area contributed by atoms with Gasteiger partial charge in [0, 0.05) is 17.7 Å². The van der Waals surface area contributed by atoms with Gasteiger partial charge in [-0.05, 0) is 37.0 Å². The number of fused-ring (bicyclic) bond motifs is 1. The van der Waals surface area contributed by atoms with Gasteiger partial charge in [0.05, 0.1) is 6.61 Å². The number of carbonyl (C=O) groups is 1. The van der Waals surface area contributed by atoms with E-state index >= 15 is 0 Å².